The summed E-state index contributed by atoms with van der Waals surface area (Å²) in [6.07, 6.45) is 2.04. The third kappa shape index (κ3) is 3.01. The molecule has 0 bridgehead atoms. The van der Waals surface area contributed by atoms with Crippen LogP contribution in [0.5, 0.6) is 0 Å². The van der Waals surface area contributed by atoms with Crippen molar-refractivity contribution in [2.45, 2.75) is 19.8 Å². The molecule has 3 aromatic rings. The highest BCUT2D eigenvalue weighted by Gasteiger charge is 2.25. The molecule has 26 heavy (non-hydrogen) atoms. The van der Waals surface area contributed by atoms with Gasteiger partial charge in [0.2, 0.25) is 0 Å². The Hall–Kier alpha value is -2.95. The average molecular weight is 349 g/mol. The zero-order chi connectivity index (χ0) is 18.1. The van der Waals surface area contributed by atoms with Gasteiger partial charge in [-0.2, -0.15) is 5.10 Å². The molecule has 0 aliphatic carbocycles. The monoisotopic (exact) mass is 349 g/mol. The molecule has 1 fully saturated rings. The average Bonchev–Trinajstić information content (AvgIpc) is 3.32. The second-order valence-corrected chi connectivity index (χ2v) is 6.64. The van der Waals surface area contributed by atoms with Gasteiger partial charge in [0.25, 0.3) is 5.91 Å². The number of carbonyl (C=O) groups is 1. The van der Waals surface area contributed by atoms with E-state index in [1.807, 2.05) is 36.1 Å². The van der Waals surface area contributed by atoms with Crippen LogP contribution >= 0.6 is 0 Å². The Morgan fingerprint density at radius 1 is 1.04 bits per heavy atom. The fourth-order valence-electron chi connectivity index (χ4n) is 3.37. The SMILES string of the molecule is Cc1cccc(-n2nc(-c3ccccc3F)cc2C(=O)N2CCCC2)c1. The first-order valence-electron chi connectivity index (χ1n) is 8.85. The Kier molecular flexibility index (Phi) is 4.29. The Morgan fingerprint density at radius 2 is 1.81 bits per heavy atom. The van der Waals surface area contributed by atoms with E-state index >= 15 is 0 Å². The van der Waals surface area contributed by atoms with Gasteiger partial charge in [-0.05, 0) is 55.7 Å². The van der Waals surface area contributed by atoms with Crippen LogP contribution in [0.3, 0.4) is 0 Å². The van der Waals surface area contributed by atoms with Crippen LogP contribution in [0.4, 0.5) is 4.39 Å². The number of halogens is 1. The van der Waals surface area contributed by atoms with Crippen molar-refractivity contribution in [3.05, 3.63) is 71.7 Å². The lowest BCUT2D eigenvalue weighted by Crippen LogP contribution is -2.29. The lowest BCUT2D eigenvalue weighted by atomic mass is 10.1. The molecular weight excluding hydrogens is 329 g/mol. The molecule has 1 saturated heterocycles. The summed E-state index contributed by atoms with van der Waals surface area (Å²) in [5, 5.41) is 4.57. The number of hydrogen-bond acceptors (Lipinski definition) is 2. The first-order chi connectivity index (χ1) is 12.6. The molecule has 0 saturated carbocycles. The lowest BCUT2D eigenvalue weighted by Gasteiger charge is -2.16. The Labute approximate surface area is 151 Å². The summed E-state index contributed by atoms with van der Waals surface area (Å²) in [5.41, 5.74) is 3.21. The van der Waals surface area contributed by atoms with Crippen molar-refractivity contribution < 1.29 is 9.18 Å². The number of nitrogens with zero attached hydrogens (tertiary/aromatic N) is 3. The van der Waals surface area contributed by atoms with E-state index in [1.165, 1.54) is 6.07 Å². The fourth-order valence-corrected chi connectivity index (χ4v) is 3.37. The van der Waals surface area contributed by atoms with E-state index in [9.17, 15) is 9.18 Å². The zero-order valence-electron chi connectivity index (χ0n) is 14.7. The van der Waals surface area contributed by atoms with Gasteiger partial charge in [0.05, 0.1) is 11.4 Å². The minimum absolute atomic E-state index is 0.0564. The first-order valence-corrected chi connectivity index (χ1v) is 8.85. The van der Waals surface area contributed by atoms with Gasteiger partial charge in [-0.1, -0.05) is 24.3 Å². The van der Waals surface area contributed by atoms with Crippen molar-refractivity contribution in [3.63, 3.8) is 0 Å². The van der Waals surface area contributed by atoms with E-state index in [2.05, 4.69) is 5.10 Å². The zero-order valence-corrected chi connectivity index (χ0v) is 14.7. The van der Waals surface area contributed by atoms with Crippen LogP contribution in [0.15, 0.2) is 54.6 Å². The van der Waals surface area contributed by atoms with E-state index in [4.69, 9.17) is 0 Å². The molecule has 0 spiro atoms. The van der Waals surface area contributed by atoms with E-state index in [0.717, 1.165) is 37.2 Å². The molecule has 0 atom stereocenters. The molecule has 4 rings (SSSR count). The largest absolute Gasteiger partial charge is 0.337 e. The smallest absolute Gasteiger partial charge is 0.272 e. The number of carbonyl (C=O) groups excluding carboxylic acids is 1. The van der Waals surface area contributed by atoms with Crippen molar-refractivity contribution >= 4 is 5.91 Å². The third-order valence-electron chi connectivity index (χ3n) is 4.72. The minimum Gasteiger partial charge on any atom is -0.337 e. The number of likely N-dealkylation sites (tertiary alicyclic amines) is 1. The van der Waals surface area contributed by atoms with Gasteiger partial charge in [0, 0.05) is 18.7 Å². The molecular formula is C21H20FN3O. The predicted molar refractivity (Wildman–Crippen MR) is 98.8 cm³/mol. The van der Waals surface area contributed by atoms with Gasteiger partial charge < -0.3 is 4.90 Å². The van der Waals surface area contributed by atoms with Crippen molar-refractivity contribution in [3.8, 4) is 16.9 Å². The van der Waals surface area contributed by atoms with Crippen molar-refractivity contribution in [1.82, 2.24) is 14.7 Å². The molecule has 5 heteroatoms. The number of amides is 1. The molecule has 1 aliphatic heterocycles. The number of hydrogen-bond donors (Lipinski definition) is 0. The molecule has 1 amide bonds. The molecule has 2 aromatic carbocycles. The Bertz CT molecular complexity index is 957. The summed E-state index contributed by atoms with van der Waals surface area (Å²) in [5.74, 6) is -0.402. The predicted octanol–water partition coefficient (Wildman–Crippen LogP) is 4.22. The van der Waals surface area contributed by atoms with Crippen LogP contribution in [0.1, 0.15) is 28.9 Å². The summed E-state index contributed by atoms with van der Waals surface area (Å²) in [6.45, 7) is 3.51. The van der Waals surface area contributed by atoms with Gasteiger partial charge in [-0.3, -0.25) is 4.79 Å². The van der Waals surface area contributed by atoms with E-state index in [-0.39, 0.29) is 11.7 Å². The highest BCUT2D eigenvalue weighted by molar-refractivity contribution is 5.94. The Morgan fingerprint density at radius 3 is 2.54 bits per heavy atom. The van der Waals surface area contributed by atoms with Crippen molar-refractivity contribution in [1.29, 1.82) is 0 Å². The standard InChI is InChI=1S/C21H20FN3O/c1-15-7-6-8-16(13-15)25-20(21(26)24-11-4-5-12-24)14-19(23-25)17-9-2-3-10-18(17)22/h2-3,6-10,13-14H,4-5,11-12H2,1H3. The maximum atomic E-state index is 14.2. The molecule has 0 N–H and O–H groups in total. The van der Waals surface area contributed by atoms with Crippen molar-refractivity contribution in [2.24, 2.45) is 0 Å². The highest BCUT2D eigenvalue weighted by atomic mass is 19.1. The van der Waals surface area contributed by atoms with Crippen LogP contribution in [0, 0.1) is 12.7 Å². The minimum atomic E-state index is -0.346. The Balaban J connectivity index is 1.85. The van der Waals surface area contributed by atoms with Gasteiger partial charge >= 0.3 is 0 Å². The quantitative estimate of drug-likeness (QED) is 0.710. The van der Waals surface area contributed by atoms with Gasteiger partial charge in [-0.15, -0.1) is 0 Å². The number of benzene rings is 2. The number of aryl methyl sites for hydroxylation is 1. The summed E-state index contributed by atoms with van der Waals surface area (Å²) >= 11 is 0. The fraction of sp³-hybridized carbons (Fsp3) is 0.238. The topological polar surface area (TPSA) is 38.1 Å². The van der Waals surface area contributed by atoms with Gasteiger partial charge in [0.1, 0.15) is 11.5 Å². The molecule has 1 aliphatic rings. The van der Waals surface area contributed by atoms with E-state index < -0.39 is 0 Å². The van der Waals surface area contributed by atoms with Crippen LogP contribution < -0.4 is 0 Å². The summed E-state index contributed by atoms with van der Waals surface area (Å²) in [7, 11) is 0. The lowest BCUT2D eigenvalue weighted by molar-refractivity contribution is 0.0784. The van der Waals surface area contributed by atoms with Crippen LogP contribution in [0.25, 0.3) is 16.9 Å². The van der Waals surface area contributed by atoms with Crippen LogP contribution in [0.2, 0.25) is 0 Å². The summed E-state index contributed by atoms with van der Waals surface area (Å²) in [6, 6.07) is 16.0. The summed E-state index contributed by atoms with van der Waals surface area (Å²) in [4.78, 5) is 14.9. The second-order valence-electron chi connectivity index (χ2n) is 6.64. The van der Waals surface area contributed by atoms with Crippen LogP contribution in [-0.4, -0.2) is 33.7 Å². The van der Waals surface area contributed by atoms with Gasteiger partial charge in [0.15, 0.2) is 0 Å². The third-order valence-corrected chi connectivity index (χ3v) is 4.72. The second kappa shape index (κ2) is 6.75. The molecule has 0 unspecified atom stereocenters. The van der Waals surface area contributed by atoms with Gasteiger partial charge in [-0.25, -0.2) is 9.07 Å². The normalized spacial score (nSPS) is 14.0. The molecule has 4 nitrogen and oxygen atoms in total. The van der Waals surface area contributed by atoms with Crippen molar-refractivity contribution in [2.75, 3.05) is 13.1 Å². The van der Waals surface area contributed by atoms with E-state index in [0.29, 0.717) is 17.0 Å². The maximum Gasteiger partial charge on any atom is 0.272 e. The first kappa shape index (κ1) is 16.5. The number of rotatable bonds is 3. The molecule has 132 valence electrons. The highest BCUT2D eigenvalue weighted by Crippen LogP contribution is 2.26. The summed E-state index contributed by atoms with van der Waals surface area (Å²) < 4.78 is 15.9. The van der Waals surface area contributed by atoms with E-state index in [1.54, 1.807) is 28.9 Å². The maximum absolute atomic E-state index is 14.2. The van der Waals surface area contributed by atoms with Crippen LogP contribution in [-0.2, 0) is 0 Å². The number of aromatic nitrogens is 2. The molecule has 0 radical (unpaired) electrons. The molecule has 2 heterocycles. The molecule has 1 aromatic heterocycles.